The lowest BCUT2D eigenvalue weighted by Crippen LogP contribution is -2.33. The van der Waals surface area contributed by atoms with E-state index < -0.39 is 6.10 Å². The van der Waals surface area contributed by atoms with Crippen molar-refractivity contribution in [1.82, 2.24) is 5.32 Å². The molecule has 1 aromatic rings. The number of hydrogen-bond donors (Lipinski definition) is 2. The van der Waals surface area contributed by atoms with Gasteiger partial charge in [0, 0.05) is 19.7 Å². The predicted octanol–water partition coefficient (Wildman–Crippen LogP) is 2.39. The van der Waals surface area contributed by atoms with Crippen molar-refractivity contribution < 1.29 is 14.6 Å². The fraction of sp³-hybridized carbons (Fsp3) is 0.647. The molecule has 1 atom stereocenters. The van der Waals surface area contributed by atoms with Gasteiger partial charge in [-0.05, 0) is 37.0 Å². The molecule has 120 valence electrons. The summed E-state index contributed by atoms with van der Waals surface area (Å²) in [6.07, 6.45) is 0.577. The van der Waals surface area contributed by atoms with E-state index in [-0.39, 0.29) is 0 Å². The van der Waals surface area contributed by atoms with Gasteiger partial charge < -0.3 is 19.9 Å². The summed E-state index contributed by atoms with van der Waals surface area (Å²) in [6, 6.07) is 7.83. The molecule has 0 radical (unpaired) electrons. The Bertz CT molecular complexity index is 382. The molecule has 4 heteroatoms. The minimum atomic E-state index is -0.513. The third-order valence-corrected chi connectivity index (χ3v) is 3.07. The first kappa shape index (κ1) is 18.0. The van der Waals surface area contributed by atoms with Crippen molar-refractivity contribution in [1.29, 1.82) is 0 Å². The number of aryl methyl sites for hydroxylation is 1. The SMILES string of the molecule is Cc1cccc(OCC(O)CNCCOCCC(C)C)c1. The van der Waals surface area contributed by atoms with Crippen molar-refractivity contribution in [2.24, 2.45) is 5.92 Å². The Morgan fingerprint density at radius 1 is 1.24 bits per heavy atom. The molecule has 0 spiro atoms. The van der Waals surface area contributed by atoms with Crippen LogP contribution in [-0.4, -0.2) is 44.1 Å². The van der Waals surface area contributed by atoms with Crippen LogP contribution in [0.4, 0.5) is 0 Å². The fourth-order valence-corrected chi connectivity index (χ4v) is 1.79. The Hall–Kier alpha value is -1.10. The van der Waals surface area contributed by atoms with E-state index in [1.54, 1.807) is 0 Å². The smallest absolute Gasteiger partial charge is 0.119 e. The Labute approximate surface area is 128 Å². The maximum Gasteiger partial charge on any atom is 0.119 e. The molecule has 2 N–H and O–H groups in total. The molecule has 21 heavy (non-hydrogen) atoms. The van der Waals surface area contributed by atoms with E-state index in [0.717, 1.165) is 30.9 Å². The Morgan fingerprint density at radius 2 is 2.05 bits per heavy atom. The Morgan fingerprint density at radius 3 is 2.76 bits per heavy atom. The third-order valence-electron chi connectivity index (χ3n) is 3.07. The van der Waals surface area contributed by atoms with Gasteiger partial charge in [0.2, 0.25) is 0 Å². The summed E-state index contributed by atoms with van der Waals surface area (Å²) in [4.78, 5) is 0. The molecule has 0 aromatic heterocycles. The monoisotopic (exact) mass is 295 g/mol. The van der Waals surface area contributed by atoms with Crippen LogP contribution in [0.15, 0.2) is 24.3 Å². The largest absolute Gasteiger partial charge is 0.491 e. The molecule has 0 saturated heterocycles. The van der Waals surface area contributed by atoms with Gasteiger partial charge in [-0.15, -0.1) is 0 Å². The van der Waals surface area contributed by atoms with E-state index in [2.05, 4.69) is 19.2 Å². The minimum absolute atomic E-state index is 0.296. The number of hydrogen-bond acceptors (Lipinski definition) is 4. The highest BCUT2D eigenvalue weighted by Gasteiger charge is 2.04. The lowest BCUT2D eigenvalue weighted by molar-refractivity contribution is 0.0967. The summed E-state index contributed by atoms with van der Waals surface area (Å²) in [6.45, 7) is 9.43. The molecule has 0 fully saturated rings. The van der Waals surface area contributed by atoms with Gasteiger partial charge in [-0.1, -0.05) is 26.0 Å². The highest BCUT2D eigenvalue weighted by atomic mass is 16.5. The second-order valence-electron chi connectivity index (χ2n) is 5.78. The Balaban J connectivity index is 2.00. The summed E-state index contributed by atoms with van der Waals surface area (Å²) in [5, 5.41) is 13.0. The van der Waals surface area contributed by atoms with Crippen LogP contribution in [0.1, 0.15) is 25.8 Å². The average Bonchev–Trinajstić information content (AvgIpc) is 2.44. The minimum Gasteiger partial charge on any atom is -0.491 e. The molecule has 0 aliphatic carbocycles. The molecule has 0 heterocycles. The van der Waals surface area contributed by atoms with E-state index in [4.69, 9.17) is 9.47 Å². The zero-order valence-corrected chi connectivity index (χ0v) is 13.5. The zero-order chi connectivity index (χ0) is 15.5. The van der Waals surface area contributed by atoms with E-state index in [1.165, 1.54) is 0 Å². The molecule has 1 rings (SSSR count). The molecule has 0 aliphatic heterocycles. The van der Waals surface area contributed by atoms with Crippen LogP contribution >= 0.6 is 0 Å². The first-order valence-electron chi connectivity index (χ1n) is 7.74. The van der Waals surface area contributed by atoms with Gasteiger partial charge in [-0.3, -0.25) is 0 Å². The van der Waals surface area contributed by atoms with Crippen molar-refractivity contribution in [2.75, 3.05) is 32.9 Å². The van der Waals surface area contributed by atoms with Crippen LogP contribution in [0, 0.1) is 12.8 Å². The summed E-state index contributed by atoms with van der Waals surface area (Å²) in [5.74, 6) is 1.48. The first-order chi connectivity index (χ1) is 10.1. The predicted molar refractivity (Wildman–Crippen MR) is 85.8 cm³/mol. The van der Waals surface area contributed by atoms with E-state index in [9.17, 15) is 5.11 Å². The highest BCUT2D eigenvalue weighted by molar-refractivity contribution is 5.27. The molecular weight excluding hydrogens is 266 g/mol. The van der Waals surface area contributed by atoms with Crippen LogP contribution in [0.3, 0.4) is 0 Å². The van der Waals surface area contributed by atoms with Gasteiger partial charge in [0.05, 0.1) is 6.61 Å². The first-order valence-corrected chi connectivity index (χ1v) is 7.74. The lowest BCUT2D eigenvalue weighted by atomic mass is 10.1. The van der Waals surface area contributed by atoms with Crippen molar-refractivity contribution in [3.63, 3.8) is 0 Å². The number of ether oxygens (including phenoxy) is 2. The molecular formula is C17H29NO3. The van der Waals surface area contributed by atoms with E-state index in [1.807, 2.05) is 31.2 Å². The van der Waals surface area contributed by atoms with Gasteiger partial charge in [0.1, 0.15) is 18.5 Å². The average molecular weight is 295 g/mol. The summed E-state index contributed by atoms with van der Waals surface area (Å²) >= 11 is 0. The van der Waals surface area contributed by atoms with E-state index >= 15 is 0 Å². The second kappa shape index (κ2) is 10.6. The van der Waals surface area contributed by atoms with Gasteiger partial charge >= 0.3 is 0 Å². The van der Waals surface area contributed by atoms with Gasteiger partial charge in [-0.2, -0.15) is 0 Å². The lowest BCUT2D eigenvalue weighted by Gasteiger charge is -2.14. The topological polar surface area (TPSA) is 50.7 Å². The van der Waals surface area contributed by atoms with Crippen LogP contribution in [0.2, 0.25) is 0 Å². The molecule has 0 saturated carbocycles. The van der Waals surface area contributed by atoms with Gasteiger partial charge in [0.15, 0.2) is 0 Å². The number of aliphatic hydroxyl groups is 1. The normalized spacial score (nSPS) is 12.6. The van der Waals surface area contributed by atoms with Crippen LogP contribution in [0.5, 0.6) is 5.75 Å². The molecule has 1 aromatic carbocycles. The van der Waals surface area contributed by atoms with Crippen LogP contribution in [0.25, 0.3) is 0 Å². The number of aliphatic hydroxyl groups excluding tert-OH is 1. The highest BCUT2D eigenvalue weighted by Crippen LogP contribution is 2.12. The van der Waals surface area contributed by atoms with Crippen LogP contribution < -0.4 is 10.1 Å². The zero-order valence-electron chi connectivity index (χ0n) is 13.5. The molecule has 0 amide bonds. The maximum atomic E-state index is 9.83. The molecule has 0 aliphatic rings. The second-order valence-corrected chi connectivity index (χ2v) is 5.78. The van der Waals surface area contributed by atoms with E-state index in [0.29, 0.717) is 25.7 Å². The molecule has 0 bridgehead atoms. The third kappa shape index (κ3) is 9.45. The fourth-order valence-electron chi connectivity index (χ4n) is 1.79. The summed E-state index contributed by atoms with van der Waals surface area (Å²) < 4.78 is 11.0. The van der Waals surface area contributed by atoms with Gasteiger partial charge in [-0.25, -0.2) is 0 Å². The van der Waals surface area contributed by atoms with Crippen molar-refractivity contribution in [2.45, 2.75) is 33.3 Å². The molecule has 1 unspecified atom stereocenters. The Kier molecular flexibility index (Phi) is 9.06. The number of benzene rings is 1. The summed E-state index contributed by atoms with van der Waals surface area (Å²) in [5.41, 5.74) is 1.15. The van der Waals surface area contributed by atoms with Crippen LogP contribution in [-0.2, 0) is 4.74 Å². The van der Waals surface area contributed by atoms with Crippen molar-refractivity contribution in [3.05, 3.63) is 29.8 Å². The summed E-state index contributed by atoms with van der Waals surface area (Å²) in [7, 11) is 0. The molecule has 4 nitrogen and oxygen atoms in total. The quantitative estimate of drug-likeness (QED) is 0.616. The van der Waals surface area contributed by atoms with Gasteiger partial charge in [0.25, 0.3) is 0 Å². The standard InChI is InChI=1S/C17H29NO3/c1-14(2)7-9-20-10-8-18-12-16(19)13-21-17-6-4-5-15(3)11-17/h4-6,11,14,16,18-19H,7-10,12-13H2,1-3H3. The van der Waals surface area contributed by atoms with Crippen molar-refractivity contribution in [3.8, 4) is 5.75 Å². The number of rotatable bonds is 11. The van der Waals surface area contributed by atoms with Crippen molar-refractivity contribution >= 4 is 0 Å². The maximum absolute atomic E-state index is 9.83. The number of nitrogens with one attached hydrogen (secondary N) is 1.